The fraction of sp³-hybridized carbons (Fsp3) is 0.500. The van der Waals surface area contributed by atoms with Gasteiger partial charge in [-0.15, -0.1) is 0 Å². The van der Waals surface area contributed by atoms with Crippen LogP contribution in [0.5, 0.6) is 5.75 Å². The van der Waals surface area contributed by atoms with Crippen LogP contribution >= 0.6 is 0 Å². The van der Waals surface area contributed by atoms with Gasteiger partial charge in [0.15, 0.2) is 0 Å². The predicted molar refractivity (Wildman–Crippen MR) is 56.4 cm³/mol. The fourth-order valence-electron chi connectivity index (χ4n) is 1.62. The summed E-state index contributed by atoms with van der Waals surface area (Å²) in [4.78, 5) is 0. The Morgan fingerprint density at radius 3 is 3.00 bits per heavy atom. The predicted octanol–water partition coefficient (Wildman–Crippen LogP) is 2.48. The van der Waals surface area contributed by atoms with E-state index >= 15 is 0 Å². The Morgan fingerprint density at radius 2 is 2.14 bits per heavy atom. The molecule has 1 aliphatic heterocycles. The second-order valence-corrected chi connectivity index (χ2v) is 3.67. The van der Waals surface area contributed by atoms with Crippen LogP contribution in [0.4, 0.5) is 0 Å². The Morgan fingerprint density at radius 1 is 1.29 bits per heavy atom. The average molecular weight is 190 g/mol. The molecule has 2 nitrogen and oxygen atoms in total. The van der Waals surface area contributed by atoms with Gasteiger partial charge in [-0.05, 0) is 29.7 Å². The summed E-state index contributed by atoms with van der Waals surface area (Å²) in [5, 5.41) is 4.33. The van der Waals surface area contributed by atoms with Crippen molar-refractivity contribution in [3.05, 3.63) is 29.3 Å². The van der Waals surface area contributed by atoms with Crippen molar-refractivity contribution in [2.24, 2.45) is 0 Å². The van der Waals surface area contributed by atoms with Gasteiger partial charge in [-0.3, -0.25) is 0 Å². The summed E-state index contributed by atoms with van der Waals surface area (Å²) in [5.74, 6) is 0.995. The van der Waals surface area contributed by atoms with Gasteiger partial charge in [-0.1, -0.05) is 19.4 Å². The van der Waals surface area contributed by atoms with Crippen molar-refractivity contribution in [3.8, 4) is 5.75 Å². The van der Waals surface area contributed by atoms with Crippen LogP contribution in [0.3, 0.4) is 0 Å². The molecule has 0 amide bonds. The Hall–Kier alpha value is -1.02. The van der Waals surface area contributed by atoms with Gasteiger partial charge >= 0.3 is 0 Å². The molecule has 2 rings (SSSR count). The molecule has 0 fully saturated rings. The SMILES string of the molecule is CCCCOc1ccc2c(c1)C[N]C2. The molecule has 0 unspecified atom stereocenters. The number of ether oxygens (including phenoxy) is 1. The number of rotatable bonds is 4. The molecule has 0 saturated heterocycles. The molecule has 1 aromatic rings. The van der Waals surface area contributed by atoms with Crippen molar-refractivity contribution in [1.82, 2.24) is 5.32 Å². The highest BCUT2D eigenvalue weighted by Crippen LogP contribution is 2.22. The van der Waals surface area contributed by atoms with Gasteiger partial charge in [0, 0.05) is 13.1 Å². The molecule has 0 saturated carbocycles. The van der Waals surface area contributed by atoms with Crippen LogP contribution in [-0.4, -0.2) is 6.61 Å². The highest BCUT2D eigenvalue weighted by atomic mass is 16.5. The standard InChI is InChI=1S/C12H16NO/c1-2-3-6-14-12-5-4-10-8-13-9-11(10)7-12/h4-5,7H,2-3,6,8-9H2,1H3. The maximum Gasteiger partial charge on any atom is 0.119 e. The minimum absolute atomic E-state index is 0.826. The van der Waals surface area contributed by atoms with E-state index < -0.39 is 0 Å². The summed E-state index contributed by atoms with van der Waals surface area (Å²) in [6.07, 6.45) is 2.31. The van der Waals surface area contributed by atoms with Crippen molar-refractivity contribution in [2.75, 3.05) is 6.61 Å². The number of hydrogen-bond donors (Lipinski definition) is 0. The molecule has 0 aromatic heterocycles. The Bertz CT molecular complexity index is 309. The number of unbranched alkanes of at least 4 members (excludes halogenated alkanes) is 1. The first kappa shape index (κ1) is 9.53. The first-order chi connectivity index (χ1) is 6.90. The van der Waals surface area contributed by atoms with Crippen molar-refractivity contribution in [1.29, 1.82) is 0 Å². The van der Waals surface area contributed by atoms with Gasteiger partial charge in [0.25, 0.3) is 0 Å². The number of hydrogen-bond acceptors (Lipinski definition) is 1. The zero-order valence-electron chi connectivity index (χ0n) is 8.62. The van der Waals surface area contributed by atoms with Crippen LogP contribution in [0.15, 0.2) is 18.2 Å². The minimum atomic E-state index is 0.826. The molecule has 0 bridgehead atoms. The molecule has 0 aliphatic carbocycles. The maximum atomic E-state index is 5.63. The summed E-state index contributed by atoms with van der Waals surface area (Å²) in [7, 11) is 0. The average Bonchev–Trinajstić information content (AvgIpc) is 2.65. The van der Waals surface area contributed by atoms with E-state index in [4.69, 9.17) is 4.74 Å². The minimum Gasteiger partial charge on any atom is -0.494 e. The van der Waals surface area contributed by atoms with Gasteiger partial charge < -0.3 is 4.74 Å². The van der Waals surface area contributed by atoms with Crippen molar-refractivity contribution >= 4 is 0 Å². The van der Waals surface area contributed by atoms with E-state index in [1.807, 2.05) is 0 Å². The summed E-state index contributed by atoms with van der Waals surface area (Å²) in [6.45, 7) is 4.74. The highest BCUT2D eigenvalue weighted by Gasteiger charge is 2.11. The largest absolute Gasteiger partial charge is 0.494 e. The lowest BCUT2D eigenvalue weighted by molar-refractivity contribution is 0.309. The van der Waals surface area contributed by atoms with E-state index in [1.165, 1.54) is 17.5 Å². The third kappa shape index (κ3) is 2.07. The zero-order chi connectivity index (χ0) is 9.80. The lowest BCUT2D eigenvalue weighted by atomic mass is 10.1. The lowest BCUT2D eigenvalue weighted by Gasteiger charge is -2.06. The van der Waals surface area contributed by atoms with Crippen LogP contribution in [0.1, 0.15) is 30.9 Å². The molecule has 0 atom stereocenters. The molecule has 2 heteroatoms. The molecule has 1 heterocycles. The highest BCUT2D eigenvalue weighted by molar-refractivity contribution is 5.37. The molecule has 14 heavy (non-hydrogen) atoms. The first-order valence-corrected chi connectivity index (χ1v) is 5.28. The quantitative estimate of drug-likeness (QED) is 0.669. The van der Waals surface area contributed by atoms with Crippen LogP contribution in [-0.2, 0) is 13.1 Å². The Labute approximate surface area is 85.3 Å². The van der Waals surface area contributed by atoms with Gasteiger partial charge in [0.05, 0.1) is 6.61 Å². The van der Waals surface area contributed by atoms with E-state index in [9.17, 15) is 0 Å². The van der Waals surface area contributed by atoms with Crippen molar-refractivity contribution in [2.45, 2.75) is 32.9 Å². The van der Waals surface area contributed by atoms with Crippen LogP contribution < -0.4 is 10.1 Å². The van der Waals surface area contributed by atoms with E-state index in [0.717, 1.165) is 31.9 Å². The second kappa shape index (κ2) is 4.47. The normalized spacial score (nSPS) is 14.1. The van der Waals surface area contributed by atoms with Crippen molar-refractivity contribution < 1.29 is 4.74 Å². The maximum absolute atomic E-state index is 5.63. The smallest absolute Gasteiger partial charge is 0.119 e. The molecule has 1 aromatic carbocycles. The summed E-state index contributed by atoms with van der Waals surface area (Å²) in [6, 6.07) is 6.31. The van der Waals surface area contributed by atoms with Crippen LogP contribution in [0, 0.1) is 0 Å². The third-order valence-electron chi connectivity index (χ3n) is 2.51. The summed E-state index contributed by atoms with van der Waals surface area (Å²) < 4.78 is 5.63. The number of nitrogens with zero attached hydrogens (tertiary/aromatic N) is 1. The second-order valence-electron chi connectivity index (χ2n) is 3.67. The molecular weight excluding hydrogens is 174 g/mol. The van der Waals surface area contributed by atoms with E-state index in [2.05, 4.69) is 30.4 Å². The van der Waals surface area contributed by atoms with Gasteiger partial charge in [-0.25, -0.2) is 5.32 Å². The van der Waals surface area contributed by atoms with Crippen LogP contribution in [0.25, 0.3) is 0 Å². The van der Waals surface area contributed by atoms with Crippen molar-refractivity contribution in [3.63, 3.8) is 0 Å². The summed E-state index contributed by atoms with van der Waals surface area (Å²) in [5.41, 5.74) is 2.69. The number of benzene rings is 1. The molecule has 1 radical (unpaired) electrons. The fourth-order valence-corrected chi connectivity index (χ4v) is 1.62. The topological polar surface area (TPSA) is 23.3 Å². The van der Waals surface area contributed by atoms with Gasteiger partial charge in [0.1, 0.15) is 5.75 Å². The summed E-state index contributed by atoms with van der Waals surface area (Å²) >= 11 is 0. The first-order valence-electron chi connectivity index (χ1n) is 5.28. The van der Waals surface area contributed by atoms with Gasteiger partial charge in [-0.2, -0.15) is 0 Å². The number of fused-ring (bicyclic) bond motifs is 1. The Balaban J connectivity index is 1.98. The molecule has 0 N–H and O–H groups in total. The lowest BCUT2D eigenvalue weighted by Crippen LogP contribution is -1.97. The molecule has 0 spiro atoms. The zero-order valence-corrected chi connectivity index (χ0v) is 8.62. The van der Waals surface area contributed by atoms with E-state index in [1.54, 1.807) is 0 Å². The molecule has 75 valence electrons. The molecular formula is C12H16NO. The molecule has 1 aliphatic rings. The Kier molecular flexibility index (Phi) is 3.04. The van der Waals surface area contributed by atoms with Gasteiger partial charge in [0.2, 0.25) is 0 Å². The third-order valence-corrected chi connectivity index (χ3v) is 2.51. The monoisotopic (exact) mass is 190 g/mol. The van der Waals surface area contributed by atoms with E-state index in [-0.39, 0.29) is 0 Å². The van der Waals surface area contributed by atoms with Crippen LogP contribution in [0.2, 0.25) is 0 Å². The van der Waals surface area contributed by atoms with E-state index in [0.29, 0.717) is 0 Å².